The second-order valence-corrected chi connectivity index (χ2v) is 6.80. The monoisotopic (exact) mass is 351 g/mol. The topological polar surface area (TPSA) is 71.8 Å². The molecule has 2 aromatic heterocycles. The quantitative estimate of drug-likeness (QED) is 0.758. The fourth-order valence-corrected chi connectivity index (χ4v) is 3.88. The van der Waals surface area contributed by atoms with Crippen molar-refractivity contribution in [1.29, 1.82) is 0 Å². The highest BCUT2D eigenvalue weighted by Crippen LogP contribution is 2.38. The van der Waals surface area contributed by atoms with E-state index in [0.717, 1.165) is 10.4 Å². The van der Waals surface area contributed by atoms with Gasteiger partial charge in [-0.25, -0.2) is 4.68 Å². The van der Waals surface area contributed by atoms with Crippen LogP contribution in [0.1, 0.15) is 16.5 Å². The molecule has 0 fully saturated rings. The molecule has 1 aromatic carbocycles. The number of hydrogen-bond donors (Lipinski definition) is 2. The lowest BCUT2D eigenvalue weighted by atomic mass is 9.92. The van der Waals surface area contributed by atoms with Crippen LogP contribution in [0.15, 0.2) is 66.4 Å². The van der Waals surface area contributed by atoms with E-state index in [0.29, 0.717) is 18.2 Å². The third-order valence-electron chi connectivity index (χ3n) is 4.23. The molecular weight excluding hydrogens is 334 g/mol. The average molecular weight is 351 g/mol. The summed E-state index contributed by atoms with van der Waals surface area (Å²) in [6.07, 6.45) is 1.49. The van der Waals surface area contributed by atoms with Crippen LogP contribution in [0.3, 0.4) is 0 Å². The number of fused-ring (bicyclic) bond motifs is 1. The Balaban J connectivity index is 1.62. The van der Waals surface area contributed by atoms with Crippen molar-refractivity contribution in [2.24, 2.45) is 5.92 Å². The molecular formula is C18H17N5OS. The molecule has 3 aromatic rings. The molecule has 0 spiro atoms. The first-order valence-electron chi connectivity index (χ1n) is 7.94. The van der Waals surface area contributed by atoms with Gasteiger partial charge in [0.05, 0.1) is 0 Å². The van der Waals surface area contributed by atoms with Crippen molar-refractivity contribution >= 4 is 23.2 Å². The van der Waals surface area contributed by atoms with Crippen LogP contribution in [0, 0.1) is 5.92 Å². The van der Waals surface area contributed by atoms with Crippen LogP contribution in [0.25, 0.3) is 0 Å². The molecule has 1 amide bonds. The van der Waals surface area contributed by atoms with Crippen LogP contribution in [-0.2, 0) is 11.3 Å². The molecule has 0 aliphatic carbocycles. The molecule has 1 aliphatic rings. The molecule has 2 atom stereocenters. The Kier molecular flexibility index (Phi) is 4.07. The predicted octanol–water partition coefficient (Wildman–Crippen LogP) is 2.80. The van der Waals surface area contributed by atoms with Crippen molar-refractivity contribution in [3.63, 3.8) is 0 Å². The fraction of sp³-hybridized carbons (Fsp3) is 0.167. The van der Waals surface area contributed by atoms with Crippen LogP contribution in [0.2, 0.25) is 0 Å². The summed E-state index contributed by atoms with van der Waals surface area (Å²) < 4.78 is 1.76. The molecule has 7 heteroatoms. The molecule has 3 heterocycles. The highest BCUT2D eigenvalue weighted by molar-refractivity contribution is 7.10. The van der Waals surface area contributed by atoms with Crippen molar-refractivity contribution in [1.82, 2.24) is 20.1 Å². The van der Waals surface area contributed by atoms with Gasteiger partial charge in [-0.15, -0.1) is 11.3 Å². The zero-order chi connectivity index (χ0) is 17.2. The predicted molar refractivity (Wildman–Crippen MR) is 97.0 cm³/mol. The standard InChI is InChI=1S/C18H17N5OS/c1-12-15(17(24)19-10-13-6-3-2-4-7-13)16(14-8-5-9-25-14)23-18(22-12)20-11-21-23/h2-9,11,15-16H,1,10H2,(H,19,24)(H,20,21,22)/t15-,16+/m1/s1. The van der Waals surface area contributed by atoms with Gasteiger partial charge in [-0.05, 0) is 17.0 Å². The molecule has 0 saturated heterocycles. The Hall–Kier alpha value is -2.93. The number of thiophene rings is 1. The third kappa shape index (κ3) is 2.94. The minimum absolute atomic E-state index is 0.0825. The maximum atomic E-state index is 13.0. The summed E-state index contributed by atoms with van der Waals surface area (Å²) in [7, 11) is 0. The van der Waals surface area contributed by atoms with E-state index in [4.69, 9.17) is 0 Å². The van der Waals surface area contributed by atoms with Gasteiger partial charge >= 0.3 is 0 Å². The number of hydrogen-bond acceptors (Lipinski definition) is 5. The SMILES string of the molecule is C=C1Nc2ncnn2[C@@H](c2cccs2)[C@@H]1C(=O)NCc1ccccc1. The van der Waals surface area contributed by atoms with Crippen molar-refractivity contribution < 1.29 is 4.79 Å². The number of benzene rings is 1. The lowest BCUT2D eigenvalue weighted by Gasteiger charge is -2.33. The Labute approximate surface area is 149 Å². The number of aromatic nitrogens is 3. The van der Waals surface area contributed by atoms with Crippen molar-refractivity contribution in [2.75, 3.05) is 5.32 Å². The highest BCUT2D eigenvalue weighted by Gasteiger charge is 2.39. The zero-order valence-corrected chi connectivity index (χ0v) is 14.2. The molecule has 4 rings (SSSR count). The number of anilines is 1. The van der Waals surface area contributed by atoms with Gasteiger partial charge < -0.3 is 10.6 Å². The molecule has 0 unspecified atom stereocenters. The van der Waals surface area contributed by atoms with Crippen molar-refractivity contribution in [3.05, 3.63) is 76.9 Å². The van der Waals surface area contributed by atoms with Gasteiger partial charge in [0, 0.05) is 17.1 Å². The lowest BCUT2D eigenvalue weighted by molar-refractivity contribution is -0.125. The smallest absolute Gasteiger partial charge is 0.231 e. The van der Waals surface area contributed by atoms with E-state index in [9.17, 15) is 4.79 Å². The first-order valence-corrected chi connectivity index (χ1v) is 8.82. The minimum atomic E-state index is -0.462. The normalized spacial score (nSPS) is 19.1. The molecule has 1 aliphatic heterocycles. The molecule has 0 bridgehead atoms. The highest BCUT2D eigenvalue weighted by atomic mass is 32.1. The van der Waals surface area contributed by atoms with Gasteiger partial charge in [-0.3, -0.25) is 4.79 Å². The second-order valence-electron chi connectivity index (χ2n) is 5.82. The molecule has 0 saturated carbocycles. The van der Waals surface area contributed by atoms with E-state index in [-0.39, 0.29) is 11.9 Å². The van der Waals surface area contributed by atoms with E-state index in [1.807, 2.05) is 47.8 Å². The minimum Gasteiger partial charge on any atom is -0.351 e. The van der Waals surface area contributed by atoms with E-state index in [2.05, 4.69) is 27.3 Å². The van der Waals surface area contributed by atoms with Gasteiger partial charge in [0.2, 0.25) is 11.9 Å². The average Bonchev–Trinajstić information content (AvgIpc) is 3.31. The van der Waals surface area contributed by atoms with Crippen LogP contribution in [0.4, 0.5) is 5.95 Å². The number of nitrogens with one attached hydrogen (secondary N) is 2. The van der Waals surface area contributed by atoms with Crippen LogP contribution in [-0.4, -0.2) is 20.7 Å². The molecule has 126 valence electrons. The first kappa shape index (κ1) is 15.6. The van der Waals surface area contributed by atoms with Crippen LogP contribution in [0.5, 0.6) is 0 Å². The molecule has 0 radical (unpaired) electrons. The maximum absolute atomic E-state index is 13.0. The summed E-state index contributed by atoms with van der Waals surface area (Å²) in [6.45, 7) is 4.54. The number of amides is 1. The summed E-state index contributed by atoms with van der Waals surface area (Å²) in [5.41, 5.74) is 1.68. The third-order valence-corrected chi connectivity index (χ3v) is 5.17. The maximum Gasteiger partial charge on any atom is 0.231 e. The van der Waals surface area contributed by atoms with Gasteiger partial charge in [0.15, 0.2) is 0 Å². The number of rotatable bonds is 4. The van der Waals surface area contributed by atoms with Crippen molar-refractivity contribution in [2.45, 2.75) is 12.6 Å². The van der Waals surface area contributed by atoms with Gasteiger partial charge in [0.1, 0.15) is 18.3 Å². The Morgan fingerprint density at radius 2 is 2.12 bits per heavy atom. The summed E-state index contributed by atoms with van der Waals surface area (Å²) in [5, 5.41) is 12.4. The van der Waals surface area contributed by atoms with E-state index >= 15 is 0 Å². The molecule has 6 nitrogen and oxygen atoms in total. The van der Waals surface area contributed by atoms with Crippen LogP contribution < -0.4 is 10.6 Å². The van der Waals surface area contributed by atoms with Crippen LogP contribution >= 0.6 is 11.3 Å². The first-order chi connectivity index (χ1) is 12.2. The summed E-state index contributed by atoms with van der Waals surface area (Å²) in [5.74, 6) is 0.0629. The number of carbonyl (C=O) groups is 1. The lowest BCUT2D eigenvalue weighted by Crippen LogP contribution is -2.42. The number of carbonyl (C=O) groups excluding carboxylic acids is 1. The van der Waals surface area contributed by atoms with E-state index < -0.39 is 5.92 Å². The molecule has 25 heavy (non-hydrogen) atoms. The summed E-state index contributed by atoms with van der Waals surface area (Å²) in [6, 6.07) is 13.6. The fourth-order valence-electron chi connectivity index (χ4n) is 3.04. The zero-order valence-electron chi connectivity index (χ0n) is 13.4. The molecule has 2 N–H and O–H groups in total. The Morgan fingerprint density at radius 3 is 2.88 bits per heavy atom. The van der Waals surface area contributed by atoms with E-state index in [1.165, 1.54) is 6.33 Å². The number of nitrogens with zero attached hydrogens (tertiary/aromatic N) is 3. The van der Waals surface area contributed by atoms with Gasteiger partial charge in [-0.1, -0.05) is 43.0 Å². The second kappa shape index (κ2) is 6.52. The Bertz CT molecular complexity index is 887. The summed E-state index contributed by atoms with van der Waals surface area (Å²) in [4.78, 5) is 18.2. The Morgan fingerprint density at radius 1 is 1.28 bits per heavy atom. The summed E-state index contributed by atoms with van der Waals surface area (Å²) >= 11 is 1.60. The van der Waals surface area contributed by atoms with Gasteiger partial charge in [-0.2, -0.15) is 10.1 Å². The van der Waals surface area contributed by atoms with Gasteiger partial charge in [0.25, 0.3) is 0 Å². The van der Waals surface area contributed by atoms with Crippen molar-refractivity contribution in [3.8, 4) is 0 Å². The van der Waals surface area contributed by atoms with E-state index in [1.54, 1.807) is 16.0 Å². The largest absolute Gasteiger partial charge is 0.351 e.